The summed E-state index contributed by atoms with van der Waals surface area (Å²) in [5.74, 6) is -0.0553. The van der Waals surface area contributed by atoms with Crippen molar-refractivity contribution in [2.24, 2.45) is 5.73 Å². The van der Waals surface area contributed by atoms with Gasteiger partial charge in [-0.15, -0.1) is 0 Å². The van der Waals surface area contributed by atoms with E-state index in [9.17, 15) is 4.79 Å². The minimum atomic E-state index is -0.0553. The Morgan fingerprint density at radius 3 is 2.89 bits per heavy atom. The molecule has 0 heterocycles. The summed E-state index contributed by atoms with van der Waals surface area (Å²) in [4.78, 5) is 13.8. The number of likely N-dealkylation sites (N-methyl/N-ethyl adjacent to an activating group) is 1. The third-order valence-electron chi connectivity index (χ3n) is 2.58. The van der Waals surface area contributed by atoms with Gasteiger partial charge in [0.25, 0.3) is 0 Å². The first-order chi connectivity index (χ1) is 9.04. The van der Waals surface area contributed by atoms with Crippen molar-refractivity contribution >= 4 is 28.8 Å². The van der Waals surface area contributed by atoms with Crippen molar-refractivity contribution in [3.63, 3.8) is 0 Å². The van der Waals surface area contributed by atoms with E-state index in [1.165, 1.54) is 0 Å². The number of benzene rings is 1. The number of hydrogen-bond acceptors (Lipinski definition) is 4. The number of thiocarbonyl (C=S) groups is 1. The number of nitrogens with two attached hydrogens (primary N) is 1. The average molecular weight is 281 g/mol. The van der Waals surface area contributed by atoms with Gasteiger partial charge in [0, 0.05) is 32.0 Å². The Morgan fingerprint density at radius 2 is 2.26 bits per heavy atom. The van der Waals surface area contributed by atoms with Crippen LogP contribution in [0.3, 0.4) is 0 Å². The topological polar surface area (TPSA) is 67.6 Å². The summed E-state index contributed by atoms with van der Waals surface area (Å²) in [5, 5.41) is 2.77. The first-order valence-corrected chi connectivity index (χ1v) is 6.32. The maximum Gasteiger partial charge on any atom is 0.239 e. The van der Waals surface area contributed by atoms with Gasteiger partial charge in [0.1, 0.15) is 4.99 Å². The lowest BCUT2D eigenvalue weighted by Crippen LogP contribution is -2.36. The Hall–Kier alpha value is -1.66. The molecule has 1 aromatic rings. The monoisotopic (exact) mass is 281 g/mol. The number of methoxy groups -OCH3 is 1. The third-order valence-corrected chi connectivity index (χ3v) is 2.82. The first kappa shape index (κ1) is 15.4. The molecule has 0 unspecified atom stereocenters. The molecule has 104 valence electrons. The second kappa shape index (κ2) is 7.70. The molecule has 19 heavy (non-hydrogen) atoms. The summed E-state index contributed by atoms with van der Waals surface area (Å²) in [6.45, 7) is 1.28. The van der Waals surface area contributed by atoms with E-state index < -0.39 is 0 Å². The number of ether oxygens (including phenoxy) is 1. The Labute approximate surface area is 118 Å². The molecule has 3 N–H and O–H groups in total. The molecule has 1 rings (SSSR count). The van der Waals surface area contributed by atoms with Crippen LogP contribution >= 0.6 is 12.2 Å². The largest absolute Gasteiger partial charge is 0.389 e. The van der Waals surface area contributed by atoms with Gasteiger partial charge in [-0.25, -0.2) is 0 Å². The molecule has 1 amide bonds. The van der Waals surface area contributed by atoms with E-state index in [4.69, 9.17) is 22.7 Å². The van der Waals surface area contributed by atoms with Crippen molar-refractivity contribution < 1.29 is 9.53 Å². The van der Waals surface area contributed by atoms with Crippen molar-refractivity contribution in [2.75, 3.05) is 38.8 Å². The summed E-state index contributed by atoms with van der Waals surface area (Å²) < 4.78 is 4.87. The smallest absolute Gasteiger partial charge is 0.239 e. The summed E-state index contributed by atoms with van der Waals surface area (Å²) in [6, 6.07) is 7.48. The quantitative estimate of drug-likeness (QED) is 0.563. The zero-order valence-corrected chi connectivity index (χ0v) is 12.0. The second-order valence-electron chi connectivity index (χ2n) is 4.11. The van der Waals surface area contributed by atoms with Crippen molar-refractivity contribution in [1.82, 2.24) is 5.32 Å². The molecule has 6 heteroatoms. The molecular weight excluding hydrogens is 262 g/mol. The van der Waals surface area contributed by atoms with Gasteiger partial charge in [-0.05, 0) is 12.1 Å². The van der Waals surface area contributed by atoms with Crippen molar-refractivity contribution in [1.29, 1.82) is 0 Å². The van der Waals surface area contributed by atoms with Crippen LogP contribution in [0.4, 0.5) is 5.69 Å². The Morgan fingerprint density at radius 1 is 1.53 bits per heavy atom. The standard InChI is InChI=1S/C13H19N3O2S/c1-16(9-12(17)15-6-7-18-2)11-5-3-4-10(8-11)13(14)19/h3-5,8H,6-7,9H2,1-2H3,(H2,14,19)(H,15,17). The normalized spacial score (nSPS) is 10.0. The van der Waals surface area contributed by atoms with Gasteiger partial charge < -0.3 is 20.7 Å². The van der Waals surface area contributed by atoms with Gasteiger partial charge in [-0.3, -0.25) is 4.79 Å². The number of carbonyl (C=O) groups excluding carboxylic acids is 1. The summed E-state index contributed by atoms with van der Waals surface area (Å²) in [7, 11) is 3.44. The molecule has 1 aromatic carbocycles. The van der Waals surface area contributed by atoms with Crippen LogP contribution in [0.5, 0.6) is 0 Å². The predicted molar refractivity (Wildman–Crippen MR) is 80.5 cm³/mol. The van der Waals surface area contributed by atoms with Crippen molar-refractivity contribution in [3.05, 3.63) is 29.8 Å². The van der Waals surface area contributed by atoms with Crippen LogP contribution in [0.25, 0.3) is 0 Å². The molecular formula is C13H19N3O2S. The van der Waals surface area contributed by atoms with E-state index in [0.717, 1.165) is 11.3 Å². The lowest BCUT2D eigenvalue weighted by Gasteiger charge is -2.19. The maximum absolute atomic E-state index is 11.7. The SMILES string of the molecule is COCCNC(=O)CN(C)c1cccc(C(N)=S)c1. The number of rotatable bonds is 7. The van der Waals surface area contributed by atoms with Crippen LogP contribution in [-0.2, 0) is 9.53 Å². The number of carbonyl (C=O) groups is 1. The van der Waals surface area contributed by atoms with Gasteiger partial charge in [0.05, 0.1) is 13.2 Å². The van der Waals surface area contributed by atoms with Crippen LogP contribution in [0.2, 0.25) is 0 Å². The highest BCUT2D eigenvalue weighted by molar-refractivity contribution is 7.80. The lowest BCUT2D eigenvalue weighted by molar-refractivity contribution is -0.119. The first-order valence-electron chi connectivity index (χ1n) is 5.91. The highest BCUT2D eigenvalue weighted by atomic mass is 32.1. The minimum absolute atomic E-state index is 0.0553. The zero-order chi connectivity index (χ0) is 14.3. The molecule has 0 atom stereocenters. The van der Waals surface area contributed by atoms with Crippen LogP contribution in [0.1, 0.15) is 5.56 Å². The second-order valence-corrected chi connectivity index (χ2v) is 4.55. The van der Waals surface area contributed by atoms with Gasteiger partial charge in [0.2, 0.25) is 5.91 Å². The number of hydrogen-bond donors (Lipinski definition) is 2. The highest BCUT2D eigenvalue weighted by Crippen LogP contribution is 2.14. The molecule has 0 aliphatic rings. The molecule has 0 saturated carbocycles. The van der Waals surface area contributed by atoms with E-state index in [1.54, 1.807) is 7.11 Å². The van der Waals surface area contributed by atoms with E-state index in [0.29, 0.717) is 18.1 Å². The number of nitrogens with zero attached hydrogens (tertiary/aromatic N) is 1. The average Bonchev–Trinajstić information content (AvgIpc) is 2.39. The summed E-state index contributed by atoms with van der Waals surface area (Å²) in [5.41, 5.74) is 7.27. The van der Waals surface area contributed by atoms with Crippen molar-refractivity contribution in [2.45, 2.75) is 0 Å². The van der Waals surface area contributed by atoms with E-state index in [-0.39, 0.29) is 12.5 Å². The molecule has 0 radical (unpaired) electrons. The number of anilines is 1. The van der Waals surface area contributed by atoms with Crippen LogP contribution in [-0.4, -0.2) is 44.7 Å². The fourth-order valence-corrected chi connectivity index (χ4v) is 1.68. The van der Waals surface area contributed by atoms with Crippen molar-refractivity contribution in [3.8, 4) is 0 Å². The maximum atomic E-state index is 11.7. The number of amides is 1. The lowest BCUT2D eigenvalue weighted by atomic mass is 10.2. The molecule has 0 aliphatic carbocycles. The molecule has 0 bridgehead atoms. The molecule has 5 nitrogen and oxygen atoms in total. The molecule has 0 aromatic heterocycles. The van der Waals surface area contributed by atoms with E-state index in [1.807, 2.05) is 36.2 Å². The number of nitrogens with one attached hydrogen (secondary N) is 1. The molecule has 0 spiro atoms. The highest BCUT2D eigenvalue weighted by Gasteiger charge is 2.08. The zero-order valence-electron chi connectivity index (χ0n) is 11.2. The van der Waals surface area contributed by atoms with Gasteiger partial charge in [-0.2, -0.15) is 0 Å². The van der Waals surface area contributed by atoms with E-state index >= 15 is 0 Å². The molecule has 0 aliphatic heterocycles. The van der Waals surface area contributed by atoms with Gasteiger partial charge in [-0.1, -0.05) is 24.4 Å². The predicted octanol–water partition coefficient (Wildman–Crippen LogP) is 0.520. The fraction of sp³-hybridized carbons (Fsp3) is 0.385. The summed E-state index contributed by atoms with van der Waals surface area (Å²) in [6.07, 6.45) is 0. The van der Waals surface area contributed by atoms with Crippen LogP contribution in [0.15, 0.2) is 24.3 Å². The van der Waals surface area contributed by atoms with Gasteiger partial charge >= 0.3 is 0 Å². The van der Waals surface area contributed by atoms with Gasteiger partial charge in [0.15, 0.2) is 0 Å². The Balaban J connectivity index is 2.57. The Bertz CT molecular complexity index is 451. The third kappa shape index (κ3) is 5.23. The molecule has 0 saturated heterocycles. The van der Waals surface area contributed by atoms with Crippen LogP contribution in [0, 0.1) is 0 Å². The Kier molecular flexibility index (Phi) is 6.24. The summed E-state index contributed by atoms with van der Waals surface area (Å²) >= 11 is 4.93. The minimum Gasteiger partial charge on any atom is -0.389 e. The fourth-order valence-electron chi connectivity index (χ4n) is 1.55. The van der Waals surface area contributed by atoms with Crippen LogP contribution < -0.4 is 16.0 Å². The van der Waals surface area contributed by atoms with E-state index in [2.05, 4.69) is 5.32 Å². The molecule has 0 fully saturated rings.